The average Bonchev–Trinajstić information content (AvgIpc) is 3.13. The number of hydrogen-bond acceptors (Lipinski definition) is 4. The molecule has 126 valence electrons. The Balaban J connectivity index is 1.97. The van der Waals surface area contributed by atoms with Gasteiger partial charge in [-0.25, -0.2) is 4.98 Å². The molecule has 0 radical (unpaired) electrons. The lowest BCUT2D eigenvalue weighted by Gasteiger charge is -2.18. The van der Waals surface area contributed by atoms with Gasteiger partial charge in [-0.15, -0.1) is 11.3 Å². The smallest absolute Gasteiger partial charge is 0.256 e. The van der Waals surface area contributed by atoms with E-state index in [1.807, 2.05) is 53.9 Å². The first-order valence-electron chi connectivity index (χ1n) is 7.44. The molecule has 0 aliphatic carbocycles. The maximum atomic E-state index is 12.4. The number of halogens is 1. The topological polar surface area (TPSA) is 42.4 Å². The van der Waals surface area contributed by atoms with Gasteiger partial charge in [0.25, 0.3) is 5.91 Å². The summed E-state index contributed by atoms with van der Waals surface area (Å²) in [5, 5.41) is 2.53. The molecule has 3 aromatic rings. The SMILES string of the molecule is C=CC(=O)N(c1ccc(Br)cc1)c1nc(-c2ccc(OC)cc2)cs1. The predicted molar refractivity (Wildman–Crippen MR) is 106 cm³/mol. The number of thiazole rings is 1. The molecule has 0 fully saturated rings. The Morgan fingerprint density at radius 3 is 2.48 bits per heavy atom. The summed E-state index contributed by atoms with van der Waals surface area (Å²) in [6, 6.07) is 15.1. The highest BCUT2D eigenvalue weighted by atomic mass is 79.9. The molecule has 2 aromatic carbocycles. The first kappa shape index (κ1) is 17.4. The van der Waals surface area contributed by atoms with Crippen LogP contribution in [0.25, 0.3) is 11.3 Å². The van der Waals surface area contributed by atoms with Gasteiger partial charge in [-0.3, -0.25) is 9.69 Å². The van der Waals surface area contributed by atoms with Gasteiger partial charge in [-0.2, -0.15) is 0 Å². The van der Waals surface area contributed by atoms with E-state index in [0.29, 0.717) is 5.13 Å². The number of hydrogen-bond donors (Lipinski definition) is 0. The van der Waals surface area contributed by atoms with Crippen LogP contribution in [0.2, 0.25) is 0 Å². The van der Waals surface area contributed by atoms with Crippen molar-refractivity contribution in [3.8, 4) is 17.0 Å². The van der Waals surface area contributed by atoms with Gasteiger partial charge in [0.05, 0.1) is 18.5 Å². The van der Waals surface area contributed by atoms with Crippen LogP contribution >= 0.6 is 27.3 Å². The van der Waals surface area contributed by atoms with Crippen molar-refractivity contribution < 1.29 is 9.53 Å². The van der Waals surface area contributed by atoms with Crippen molar-refractivity contribution in [2.75, 3.05) is 12.0 Å². The molecule has 0 aliphatic rings. The van der Waals surface area contributed by atoms with Crippen molar-refractivity contribution in [2.45, 2.75) is 0 Å². The highest BCUT2D eigenvalue weighted by molar-refractivity contribution is 9.10. The zero-order valence-corrected chi connectivity index (χ0v) is 15.9. The Morgan fingerprint density at radius 1 is 1.20 bits per heavy atom. The molecule has 4 nitrogen and oxygen atoms in total. The second kappa shape index (κ2) is 7.63. The summed E-state index contributed by atoms with van der Waals surface area (Å²) < 4.78 is 6.12. The predicted octanol–water partition coefficient (Wildman–Crippen LogP) is 5.43. The third kappa shape index (κ3) is 3.81. The van der Waals surface area contributed by atoms with Crippen molar-refractivity contribution >= 4 is 44.0 Å². The fourth-order valence-electron chi connectivity index (χ4n) is 2.27. The van der Waals surface area contributed by atoms with Crippen LogP contribution in [0.1, 0.15) is 0 Å². The molecule has 1 amide bonds. The molecular weight excluding hydrogens is 400 g/mol. The van der Waals surface area contributed by atoms with Crippen LogP contribution in [0, 0.1) is 0 Å². The summed E-state index contributed by atoms with van der Waals surface area (Å²) in [5.41, 5.74) is 2.51. The molecule has 0 saturated heterocycles. The average molecular weight is 415 g/mol. The molecule has 0 atom stereocenters. The highest BCUT2D eigenvalue weighted by Gasteiger charge is 2.19. The summed E-state index contributed by atoms with van der Waals surface area (Å²) in [5.74, 6) is 0.565. The first-order chi connectivity index (χ1) is 12.1. The van der Waals surface area contributed by atoms with Crippen LogP contribution in [0.15, 0.2) is 71.0 Å². The minimum absolute atomic E-state index is 0.224. The minimum Gasteiger partial charge on any atom is -0.497 e. The van der Waals surface area contributed by atoms with Crippen LogP contribution < -0.4 is 9.64 Å². The van der Waals surface area contributed by atoms with Gasteiger partial charge in [0.15, 0.2) is 5.13 Å². The molecule has 0 unspecified atom stereocenters. The fourth-order valence-corrected chi connectivity index (χ4v) is 3.40. The zero-order chi connectivity index (χ0) is 17.8. The summed E-state index contributed by atoms with van der Waals surface area (Å²) in [4.78, 5) is 18.6. The lowest BCUT2D eigenvalue weighted by molar-refractivity contribution is -0.113. The van der Waals surface area contributed by atoms with E-state index >= 15 is 0 Å². The summed E-state index contributed by atoms with van der Waals surface area (Å²) in [6.45, 7) is 3.60. The summed E-state index contributed by atoms with van der Waals surface area (Å²) >= 11 is 4.81. The Kier molecular flexibility index (Phi) is 5.31. The molecule has 6 heteroatoms. The summed E-state index contributed by atoms with van der Waals surface area (Å²) in [6.07, 6.45) is 1.29. The number of ether oxygens (including phenoxy) is 1. The van der Waals surface area contributed by atoms with Crippen molar-refractivity contribution in [3.63, 3.8) is 0 Å². The van der Waals surface area contributed by atoms with Crippen molar-refractivity contribution in [1.82, 2.24) is 4.98 Å². The monoisotopic (exact) mass is 414 g/mol. The van der Waals surface area contributed by atoms with Gasteiger partial charge < -0.3 is 4.74 Å². The van der Waals surface area contributed by atoms with Crippen LogP contribution in [-0.4, -0.2) is 18.0 Å². The summed E-state index contributed by atoms with van der Waals surface area (Å²) in [7, 11) is 1.63. The number of aromatic nitrogens is 1. The lowest BCUT2D eigenvalue weighted by Crippen LogP contribution is -2.23. The highest BCUT2D eigenvalue weighted by Crippen LogP contribution is 2.33. The molecule has 0 saturated carbocycles. The van der Waals surface area contributed by atoms with Crippen LogP contribution in [0.3, 0.4) is 0 Å². The number of benzene rings is 2. The van der Waals surface area contributed by atoms with Crippen molar-refractivity contribution in [2.24, 2.45) is 0 Å². The van der Waals surface area contributed by atoms with Gasteiger partial charge in [-0.05, 0) is 54.6 Å². The standard InChI is InChI=1S/C19H15BrN2O2S/c1-3-18(23)22(15-8-6-14(20)7-9-15)19-21-17(12-25-19)13-4-10-16(24-2)11-5-13/h3-12H,1H2,2H3. The van der Waals surface area contributed by atoms with Gasteiger partial charge in [0, 0.05) is 15.4 Å². The molecule has 0 spiro atoms. The Bertz CT molecular complexity index is 889. The van der Waals surface area contributed by atoms with Crippen LogP contribution in [0.5, 0.6) is 5.75 Å². The minimum atomic E-state index is -0.224. The molecule has 0 aliphatic heterocycles. The van der Waals surface area contributed by atoms with E-state index in [9.17, 15) is 4.79 Å². The molecule has 25 heavy (non-hydrogen) atoms. The number of anilines is 2. The van der Waals surface area contributed by atoms with E-state index in [0.717, 1.165) is 27.2 Å². The molecule has 0 bridgehead atoms. The Hall–Kier alpha value is -2.44. The molecular formula is C19H15BrN2O2S. The van der Waals surface area contributed by atoms with Crippen molar-refractivity contribution in [1.29, 1.82) is 0 Å². The number of rotatable bonds is 5. The second-order valence-electron chi connectivity index (χ2n) is 5.10. The van der Waals surface area contributed by atoms with Crippen LogP contribution in [0.4, 0.5) is 10.8 Å². The van der Waals surface area contributed by atoms with E-state index in [-0.39, 0.29) is 5.91 Å². The maximum Gasteiger partial charge on any atom is 0.256 e. The van der Waals surface area contributed by atoms with E-state index in [4.69, 9.17) is 4.74 Å². The molecule has 1 aromatic heterocycles. The van der Waals surface area contributed by atoms with E-state index in [1.54, 1.807) is 12.0 Å². The zero-order valence-electron chi connectivity index (χ0n) is 13.5. The van der Waals surface area contributed by atoms with Crippen LogP contribution in [-0.2, 0) is 4.79 Å². The van der Waals surface area contributed by atoms with E-state index in [2.05, 4.69) is 27.5 Å². The number of nitrogens with zero attached hydrogens (tertiary/aromatic N) is 2. The fraction of sp³-hybridized carbons (Fsp3) is 0.0526. The van der Waals surface area contributed by atoms with E-state index in [1.165, 1.54) is 17.4 Å². The first-order valence-corrected chi connectivity index (χ1v) is 9.11. The number of methoxy groups -OCH3 is 1. The maximum absolute atomic E-state index is 12.4. The van der Waals surface area contributed by atoms with Gasteiger partial charge in [0.2, 0.25) is 0 Å². The third-order valence-electron chi connectivity index (χ3n) is 3.55. The van der Waals surface area contributed by atoms with Gasteiger partial charge >= 0.3 is 0 Å². The molecule has 3 rings (SSSR count). The largest absolute Gasteiger partial charge is 0.497 e. The lowest BCUT2D eigenvalue weighted by atomic mass is 10.2. The van der Waals surface area contributed by atoms with E-state index < -0.39 is 0 Å². The molecule has 0 N–H and O–H groups in total. The Morgan fingerprint density at radius 2 is 1.88 bits per heavy atom. The second-order valence-corrected chi connectivity index (χ2v) is 6.85. The molecule has 1 heterocycles. The van der Waals surface area contributed by atoms with Gasteiger partial charge in [0.1, 0.15) is 5.75 Å². The Labute approximate surface area is 158 Å². The third-order valence-corrected chi connectivity index (χ3v) is 4.90. The van der Waals surface area contributed by atoms with Crippen molar-refractivity contribution in [3.05, 3.63) is 71.0 Å². The number of carbonyl (C=O) groups excluding carboxylic acids is 1. The number of carbonyl (C=O) groups is 1. The number of amides is 1. The normalized spacial score (nSPS) is 10.3. The van der Waals surface area contributed by atoms with Gasteiger partial charge in [-0.1, -0.05) is 22.5 Å². The quantitative estimate of drug-likeness (QED) is 0.522.